The number of rotatable bonds is 3. The molecule has 0 radical (unpaired) electrons. The molecule has 1 aromatic rings. The number of sulfonamides is 1. The van der Waals surface area contributed by atoms with E-state index < -0.39 is 10.0 Å². The van der Waals surface area contributed by atoms with Gasteiger partial charge < -0.3 is 15.6 Å². The van der Waals surface area contributed by atoms with E-state index >= 15 is 0 Å². The normalized spacial score (nSPS) is 28.5. The second-order valence-corrected chi connectivity index (χ2v) is 8.10. The Labute approximate surface area is 126 Å². The van der Waals surface area contributed by atoms with Crippen LogP contribution in [0.5, 0.6) is 0 Å². The molecule has 3 N–H and O–H groups in total. The minimum atomic E-state index is -3.39. The SMILES string of the molecule is CN1CCCC2CN(S(=O)(=O)c3c[nH]c(CN)c3)CCC21. The number of fused-ring (bicyclic) bond motifs is 1. The van der Waals surface area contributed by atoms with Crippen molar-refractivity contribution in [3.05, 3.63) is 18.0 Å². The molecular formula is C14H24N4O2S. The first-order valence-corrected chi connectivity index (χ1v) is 9.04. The summed E-state index contributed by atoms with van der Waals surface area (Å²) in [5, 5.41) is 0. The molecule has 2 aliphatic heterocycles. The number of nitrogens with one attached hydrogen (secondary N) is 1. The summed E-state index contributed by atoms with van der Waals surface area (Å²) in [4.78, 5) is 5.65. The van der Waals surface area contributed by atoms with Gasteiger partial charge in [-0.05, 0) is 44.8 Å². The Bertz CT molecular complexity index is 598. The Morgan fingerprint density at radius 1 is 1.38 bits per heavy atom. The van der Waals surface area contributed by atoms with Crippen molar-refractivity contribution in [2.75, 3.05) is 26.7 Å². The van der Waals surface area contributed by atoms with Gasteiger partial charge >= 0.3 is 0 Å². The molecule has 2 atom stereocenters. The van der Waals surface area contributed by atoms with Gasteiger partial charge in [-0.25, -0.2) is 8.42 Å². The molecule has 1 aromatic heterocycles. The van der Waals surface area contributed by atoms with Gasteiger partial charge in [0.1, 0.15) is 0 Å². The van der Waals surface area contributed by atoms with E-state index in [0.717, 1.165) is 31.5 Å². The highest BCUT2D eigenvalue weighted by Crippen LogP contribution is 2.32. The number of nitrogens with zero attached hydrogens (tertiary/aromatic N) is 2. The van der Waals surface area contributed by atoms with Crippen LogP contribution in [-0.4, -0.2) is 55.3 Å². The lowest BCUT2D eigenvalue weighted by Gasteiger charge is -2.45. The number of aromatic amines is 1. The van der Waals surface area contributed by atoms with E-state index in [4.69, 9.17) is 5.73 Å². The van der Waals surface area contributed by atoms with Crippen LogP contribution in [0.25, 0.3) is 0 Å². The fourth-order valence-electron chi connectivity index (χ4n) is 3.67. The topological polar surface area (TPSA) is 82.4 Å². The maximum atomic E-state index is 12.7. The number of piperidine rings is 2. The predicted molar refractivity (Wildman–Crippen MR) is 81.2 cm³/mol. The maximum Gasteiger partial charge on any atom is 0.244 e. The van der Waals surface area contributed by atoms with Crippen LogP contribution in [-0.2, 0) is 16.6 Å². The van der Waals surface area contributed by atoms with E-state index in [1.807, 2.05) is 0 Å². The second-order valence-electron chi connectivity index (χ2n) is 6.17. The third-order valence-corrected chi connectivity index (χ3v) is 6.73. The number of H-pyrrole nitrogens is 1. The fraction of sp³-hybridized carbons (Fsp3) is 0.714. The van der Waals surface area contributed by atoms with Crippen LogP contribution in [0.4, 0.5) is 0 Å². The Hall–Kier alpha value is -0.890. The van der Waals surface area contributed by atoms with Crippen LogP contribution in [0, 0.1) is 5.92 Å². The first kappa shape index (κ1) is 15.0. The zero-order chi connectivity index (χ0) is 15.0. The van der Waals surface area contributed by atoms with E-state index in [-0.39, 0.29) is 0 Å². The molecule has 0 bridgehead atoms. The molecule has 7 heteroatoms. The summed E-state index contributed by atoms with van der Waals surface area (Å²) in [5.74, 6) is 0.459. The Balaban J connectivity index is 1.78. The summed E-state index contributed by atoms with van der Waals surface area (Å²) in [6.45, 7) is 2.70. The summed E-state index contributed by atoms with van der Waals surface area (Å²) in [6.07, 6.45) is 4.76. The van der Waals surface area contributed by atoms with Crippen molar-refractivity contribution in [1.82, 2.24) is 14.2 Å². The van der Waals surface area contributed by atoms with Crippen LogP contribution in [0.1, 0.15) is 25.0 Å². The lowest BCUT2D eigenvalue weighted by Crippen LogP contribution is -2.53. The van der Waals surface area contributed by atoms with Gasteiger partial charge in [0.2, 0.25) is 10.0 Å². The van der Waals surface area contributed by atoms with Crippen molar-refractivity contribution in [3.8, 4) is 0 Å². The van der Waals surface area contributed by atoms with Crippen molar-refractivity contribution in [3.63, 3.8) is 0 Å². The van der Waals surface area contributed by atoms with Crippen molar-refractivity contribution in [2.45, 2.75) is 36.7 Å². The van der Waals surface area contributed by atoms with Crippen LogP contribution in [0.2, 0.25) is 0 Å². The van der Waals surface area contributed by atoms with E-state index in [1.54, 1.807) is 16.6 Å². The van der Waals surface area contributed by atoms with E-state index in [1.165, 1.54) is 0 Å². The minimum absolute atomic E-state index is 0.324. The van der Waals surface area contributed by atoms with Crippen molar-refractivity contribution in [1.29, 1.82) is 0 Å². The lowest BCUT2D eigenvalue weighted by molar-refractivity contribution is 0.0671. The molecule has 0 amide bonds. The zero-order valence-electron chi connectivity index (χ0n) is 12.5. The molecule has 0 saturated carbocycles. The largest absolute Gasteiger partial charge is 0.363 e. The quantitative estimate of drug-likeness (QED) is 0.855. The standard InChI is InChI=1S/C14H24N4O2S/c1-17-5-2-3-11-10-18(6-4-14(11)17)21(19,20)13-7-12(8-15)16-9-13/h7,9,11,14,16H,2-6,8,10,15H2,1H3. The number of hydrogen-bond donors (Lipinski definition) is 2. The van der Waals surface area contributed by atoms with Crippen LogP contribution >= 0.6 is 0 Å². The van der Waals surface area contributed by atoms with Gasteiger partial charge in [0.15, 0.2) is 0 Å². The molecule has 118 valence electrons. The summed E-state index contributed by atoms with van der Waals surface area (Å²) < 4.78 is 27.1. The molecule has 3 heterocycles. The van der Waals surface area contributed by atoms with Crippen molar-refractivity contribution in [2.24, 2.45) is 11.7 Å². The molecular weight excluding hydrogens is 288 g/mol. The molecule has 2 fully saturated rings. The molecule has 0 spiro atoms. The van der Waals surface area contributed by atoms with Gasteiger partial charge in [-0.2, -0.15) is 4.31 Å². The van der Waals surface area contributed by atoms with Crippen LogP contribution in [0.15, 0.2) is 17.2 Å². The lowest BCUT2D eigenvalue weighted by atomic mass is 9.85. The fourth-order valence-corrected chi connectivity index (χ4v) is 5.20. The molecule has 3 rings (SSSR count). The first-order valence-electron chi connectivity index (χ1n) is 7.60. The Kier molecular flexibility index (Phi) is 4.09. The molecule has 2 unspecified atom stereocenters. The van der Waals surface area contributed by atoms with Gasteiger partial charge in [0.05, 0.1) is 4.90 Å². The van der Waals surface area contributed by atoms with Crippen molar-refractivity contribution < 1.29 is 8.42 Å². The second kappa shape index (κ2) is 5.72. The Morgan fingerprint density at radius 3 is 2.90 bits per heavy atom. The van der Waals surface area contributed by atoms with Crippen LogP contribution < -0.4 is 5.73 Å². The first-order chi connectivity index (χ1) is 10.0. The van der Waals surface area contributed by atoms with Gasteiger partial charge in [-0.1, -0.05) is 0 Å². The van der Waals surface area contributed by atoms with E-state index in [9.17, 15) is 8.42 Å². The van der Waals surface area contributed by atoms with Gasteiger partial charge in [-0.3, -0.25) is 0 Å². The molecule has 2 aliphatic rings. The molecule has 0 aliphatic carbocycles. The van der Waals surface area contributed by atoms with Gasteiger partial charge in [0.25, 0.3) is 0 Å². The highest BCUT2D eigenvalue weighted by atomic mass is 32.2. The maximum absolute atomic E-state index is 12.7. The van der Waals surface area contributed by atoms with Crippen molar-refractivity contribution >= 4 is 10.0 Å². The summed E-state index contributed by atoms with van der Waals surface area (Å²) in [7, 11) is -1.24. The Morgan fingerprint density at radius 2 is 2.19 bits per heavy atom. The van der Waals surface area contributed by atoms with E-state index in [2.05, 4.69) is 16.9 Å². The monoisotopic (exact) mass is 312 g/mol. The summed E-state index contributed by atoms with van der Waals surface area (Å²) >= 11 is 0. The zero-order valence-corrected chi connectivity index (χ0v) is 13.3. The molecule has 0 aromatic carbocycles. The molecule has 6 nitrogen and oxygen atoms in total. The van der Waals surface area contributed by atoms with Gasteiger partial charge in [-0.15, -0.1) is 0 Å². The highest BCUT2D eigenvalue weighted by molar-refractivity contribution is 7.89. The number of nitrogens with two attached hydrogens (primary N) is 1. The number of likely N-dealkylation sites (tertiary alicyclic amines) is 1. The highest BCUT2D eigenvalue weighted by Gasteiger charge is 2.38. The summed E-state index contributed by atoms with van der Waals surface area (Å²) in [6, 6.07) is 2.19. The summed E-state index contributed by atoms with van der Waals surface area (Å²) in [5.41, 5.74) is 6.29. The van der Waals surface area contributed by atoms with Gasteiger partial charge in [0, 0.05) is 37.6 Å². The third kappa shape index (κ3) is 2.75. The smallest absolute Gasteiger partial charge is 0.244 e. The number of hydrogen-bond acceptors (Lipinski definition) is 4. The van der Waals surface area contributed by atoms with E-state index in [0.29, 0.717) is 36.5 Å². The number of aromatic nitrogens is 1. The minimum Gasteiger partial charge on any atom is -0.363 e. The average Bonchev–Trinajstić information content (AvgIpc) is 2.97. The molecule has 21 heavy (non-hydrogen) atoms. The predicted octanol–water partition coefficient (Wildman–Crippen LogP) is 0.578. The van der Waals surface area contributed by atoms with Crippen LogP contribution in [0.3, 0.4) is 0 Å². The molecule has 2 saturated heterocycles. The average molecular weight is 312 g/mol. The third-order valence-electron chi connectivity index (χ3n) is 4.88.